The molecule has 2 aromatic rings. The fourth-order valence-electron chi connectivity index (χ4n) is 4.29. The quantitative estimate of drug-likeness (QED) is 0.808. The molecule has 0 saturated carbocycles. The molecule has 0 radical (unpaired) electrons. The Balaban J connectivity index is 1.72. The Kier molecular flexibility index (Phi) is 6.54. The minimum Gasteiger partial charge on any atom is -0.340 e. The summed E-state index contributed by atoms with van der Waals surface area (Å²) in [4.78, 5) is 31.7. The van der Waals surface area contributed by atoms with E-state index in [-0.39, 0.29) is 34.9 Å². The topological polar surface area (TPSA) is 62.3 Å². The number of halogens is 1. The van der Waals surface area contributed by atoms with E-state index in [1.54, 1.807) is 18.3 Å². The molecule has 2 amide bonds. The maximum atomic E-state index is 13.3. The number of pyridine rings is 1. The van der Waals surface area contributed by atoms with Crippen molar-refractivity contribution in [2.24, 2.45) is 11.3 Å². The van der Waals surface area contributed by atoms with Crippen molar-refractivity contribution in [3.8, 4) is 0 Å². The lowest BCUT2D eigenvalue weighted by Gasteiger charge is -2.45. The maximum Gasteiger partial charge on any atom is 0.253 e. The Labute approximate surface area is 177 Å². The highest BCUT2D eigenvalue weighted by Crippen LogP contribution is 2.42. The van der Waals surface area contributed by atoms with Crippen molar-refractivity contribution < 1.29 is 14.0 Å². The summed E-state index contributed by atoms with van der Waals surface area (Å²) < 4.78 is 13.3. The summed E-state index contributed by atoms with van der Waals surface area (Å²) >= 11 is 0. The van der Waals surface area contributed by atoms with Gasteiger partial charge in [0.15, 0.2) is 0 Å². The Bertz CT molecular complexity index is 881. The Hall–Kier alpha value is -2.76. The maximum absolute atomic E-state index is 13.3. The number of piperidine rings is 1. The highest BCUT2D eigenvalue weighted by atomic mass is 19.1. The van der Waals surface area contributed by atoms with Crippen LogP contribution in [0, 0.1) is 17.2 Å². The highest BCUT2D eigenvalue weighted by Gasteiger charge is 2.40. The first-order valence-corrected chi connectivity index (χ1v) is 10.4. The van der Waals surface area contributed by atoms with Gasteiger partial charge in [0.1, 0.15) is 11.9 Å². The van der Waals surface area contributed by atoms with Gasteiger partial charge >= 0.3 is 0 Å². The molecule has 1 aliphatic rings. The molecule has 0 aliphatic carbocycles. The first kappa shape index (κ1) is 21.9. The molecule has 2 atom stereocenters. The van der Waals surface area contributed by atoms with Gasteiger partial charge in [-0.25, -0.2) is 4.39 Å². The molecular formula is C24H30FN3O2. The van der Waals surface area contributed by atoms with Crippen LogP contribution in [0.1, 0.15) is 56.0 Å². The number of carbonyl (C=O) groups excluding carboxylic acids is 2. The van der Waals surface area contributed by atoms with E-state index in [9.17, 15) is 14.0 Å². The van der Waals surface area contributed by atoms with Gasteiger partial charge in [0, 0.05) is 25.5 Å². The number of likely N-dealkylation sites (tertiary alicyclic amines) is 1. The molecular weight excluding hydrogens is 381 g/mol. The van der Waals surface area contributed by atoms with Crippen LogP contribution in [0.4, 0.5) is 4.39 Å². The van der Waals surface area contributed by atoms with Crippen LogP contribution in [-0.4, -0.2) is 40.8 Å². The van der Waals surface area contributed by atoms with E-state index < -0.39 is 6.04 Å². The fourth-order valence-corrected chi connectivity index (χ4v) is 4.29. The van der Waals surface area contributed by atoms with E-state index in [0.29, 0.717) is 18.7 Å². The summed E-state index contributed by atoms with van der Waals surface area (Å²) in [6, 6.07) is 9.44. The fraction of sp³-hybridized carbons (Fsp3) is 0.458. The largest absolute Gasteiger partial charge is 0.340 e. The first-order valence-electron chi connectivity index (χ1n) is 10.4. The van der Waals surface area contributed by atoms with Gasteiger partial charge in [-0.05, 0) is 53.5 Å². The third-order valence-electron chi connectivity index (χ3n) is 5.96. The molecule has 1 N–H and O–H groups in total. The molecule has 1 aromatic heterocycles. The molecule has 1 aromatic carbocycles. The van der Waals surface area contributed by atoms with E-state index in [1.807, 2.05) is 30.9 Å². The zero-order valence-corrected chi connectivity index (χ0v) is 18.1. The number of aromatic nitrogens is 1. The van der Waals surface area contributed by atoms with Gasteiger partial charge in [0.2, 0.25) is 5.91 Å². The van der Waals surface area contributed by atoms with Crippen LogP contribution in [0.2, 0.25) is 0 Å². The summed E-state index contributed by atoms with van der Waals surface area (Å²) in [5.74, 6) is -0.405. The minimum atomic E-state index is -0.601. The van der Waals surface area contributed by atoms with E-state index in [4.69, 9.17) is 0 Å². The zero-order chi connectivity index (χ0) is 21.9. The predicted molar refractivity (Wildman–Crippen MR) is 114 cm³/mol. The molecule has 0 unspecified atom stereocenters. The molecule has 1 fully saturated rings. The number of rotatable bonds is 5. The minimum absolute atomic E-state index is 0.0453. The van der Waals surface area contributed by atoms with Gasteiger partial charge in [0.25, 0.3) is 5.91 Å². The molecule has 0 bridgehead atoms. The van der Waals surface area contributed by atoms with E-state index >= 15 is 0 Å². The predicted octanol–water partition coefficient (Wildman–Crippen LogP) is 4.02. The zero-order valence-electron chi connectivity index (χ0n) is 18.1. The lowest BCUT2D eigenvalue weighted by molar-refractivity contribution is -0.137. The smallest absolute Gasteiger partial charge is 0.253 e. The van der Waals surface area contributed by atoms with Crippen LogP contribution < -0.4 is 5.32 Å². The molecule has 160 valence electrons. The molecule has 30 heavy (non-hydrogen) atoms. The number of nitrogens with zero attached hydrogens (tertiary/aromatic N) is 2. The van der Waals surface area contributed by atoms with Crippen molar-refractivity contribution in [1.29, 1.82) is 0 Å². The second-order valence-corrected chi connectivity index (χ2v) is 9.08. The van der Waals surface area contributed by atoms with Crippen LogP contribution in [-0.2, 0) is 4.79 Å². The normalized spacial score (nSPS) is 19.4. The molecule has 6 heteroatoms. The second kappa shape index (κ2) is 8.94. The van der Waals surface area contributed by atoms with Crippen LogP contribution in [0.25, 0.3) is 0 Å². The molecule has 3 rings (SSSR count). The summed E-state index contributed by atoms with van der Waals surface area (Å²) in [5.41, 5.74) is 1.37. The van der Waals surface area contributed by atoms with Gasteiger partial charge in [-0.15, -0.1) is 0 Å². The van der Waals surface area contributed by atoms with E-state index in [2.05, 4.69) is 24.1 Å². The van der Waals surface area contributed by atoms with Gasteiger partial charge < -0.3 is 10.2 Å². The van der Waals surface area contributed by atoms with Crippen LogP contribution in [0.5, 0.6) is 0 Å². The van der Waals surface area contributed by atoms with E-state index in [0.717, 1.165) is 12.0 Å². The van der Waals surface area contributed by atoms with Gasteiger partial charge in [-0.1, -0.05) is 39.8 Å². The lowest BCUT2D eigenvalue weighted by Crippen LogP contribution is -2.55. The van der Waals surface area contributed by atoms with Crippen molar-refractivity contribution in [2.45, 2.75) is 46.1 Å². The van der Waals surface area contributed by atoms with Crippen molar-refractivity contribution in [3.05, 3.63) is 65.7 Å². The molecule has 1 aliphatic heterocycles. The number of amides is 2. The number of carbonyl (C=O) groups is 2. The van der Waals surface area contributed by atoms with Crippen molar-refractivity contribution in [2.75, 3.05) is 13.1 Å². The van der Waals surface area contributed by atoms with Crippen LogP contribution in [0.3, 0.4) is 0 Å². The molecule has 0 spiro atoms. The molecule has 1 saturated heterocycles. The SMILES string of the molecule is CC(C)[C@@H](NC(=O)c1cccnc1)C(=O)N1CC[C@H](c2ccc(F)cc2)C(C)(C)C1. The third kappa shape index (κ3) is 4.86. The Morgan fingerprint density at radius 3 is 2.47 bits per heavy atom. The van der Waals surface area contributed by atoms with Crippen molar-refractivity contribution >= 4 is 11.8 Å². The number of nitrogens with one attached hydrogen (secondary N) is 1. The number of hydrogen-bond acceptors (Lipinski definition) is 3. The number of hydrogen-bond donors (Lipinski definition) is 1. The van der Waals surface area contributed by atoms with Gasteiger partial charge in [-0.3, -0.25) is 14.6 Å². The number of benzene rings is 1. The second-order valence-electron chi connectivity index (χ2n) is 9.08. The van der Waals surface area contributed by atoms with Crippen molar-refractivity contribution in [1.82, 2.24) is 15.2 Å². The van der Waals surface area contributed by atoms with Gasteiger partial charge in [0.05, 0.1) is 5.56 Å². The lowest BCUT2D eigenvalue weighted by atomic mass is 9.70. The monoisotopic (exact) mass is 411 g/mol. The van der Waals surface area contributed by atoms with E-state index in [1.165, 1.54) is 18.3 Å². The summed E-state index contributed by atoms with van der Waals surface area (Å²) in [5, 5.41) is 2.89. The third-order valence-corrected chi connectivity index (χ3v) is 5.96. The van der Waals surface area contributed by atoms with Crippen LogP contribution in [0.15, 0.2) is 48.8 Å². The highest BCUT2D eigenvalue weighted by molar-refractivity contribution is 5.97. The average molecular weight is 412 g/mol. The van der Waals surface area contributed by atoms with Crippen LogP contribution >= 0.6 is 0 Å². The first-order chi connectivity index (χ1) is 14.2. The molecule has 5 nitrogen and oxygen atoms in total. The van der Waals surface area contributed by atoms with Gasteiger partial charge in [-0.2, -0.15) is 0 Å². The summed E-state index contributed by atoms with van der Waals surface area (Å²) in [6.07, 6.45) is 3.90. The molecule has 2 heterocycles. The standard InChI is InChI=1S/C24H30FN3O2/c1-16(2)21(27-22(29)18-6-5-12-26-14-18)23(30)28-13-11-20(24(3,4)15-28)17-7-9-19(25)10-8-17/h5-10,12,14,16,20-21H,11,13,15H2,1-4H3,(H,27,29)/t20-,21-/m1/s1. The van der Waals surface area contributed by atoms with Crippen molar-refractivity contribution in [3.63, 3.8) is 0 Å². The Morgan fingerprint density at radius 2 is 1.90 bits per heavy atom. The summed E-state index contributed by atoms with van der Waals surface area (Å²) in [7, 11) is 0. The summed E-state index contributed by atoms with van der Waals surface area (Å²) in [6.45, 7) is 9.33. The Morgan fingerprint density at radius 1 is 1.20 bits per heavy atom. The average Bonchev–Trinajstić information content (AvgIpc) is 2.72.